The minimum absolute atomic E-state index is 0.0560. The van der Waals surface area contributed by atoms with Crippen LogP contribution in [0.15, 0.2) is 46.1 Å². The third-order valence-corrected chi connectivity index (χ3v) is 6.18. The van der Waals surface area contributed by atoms with Gasteiger partial charge in [0.05, 0.1) is 12.6 Å². The van der Waals surface area contributed by atoms with Gasteiger partial charge in [0, 0.05) is 11.3 Å². The summed E-state index contributed by atoms with van der Waals surface area (Å²) in [5, 5.41) is 0.614. The second-order valence-electron chi connectivity index (χ2n) is 6.31. The summed E-state index contributed by atoms with van der Waals surface area (Å²) >= 11 is 0. The maximum absolute atomic E-state index is 13.4. The fraction of sp³-hybridized carbons (Fsp3) is 0.211. The highest BCUT2D eigenvalue weighted by molar-refractivity contribution is 7.90. The molecule has 0 aliphatic carbocycles. The number of benzene rings is 2. The monoisotopic (exact) mass is 372 g/mol. The molecule has 0 amide bonds. The molecule has 1 heterocycles. The third kappa shape index (κ3) is 2.74. The fourth-order valence-corrected chi connectivity index (χ4v) is 4.58. The Kier molecular flexibility index (Phi) is 4.28. The molecule has 0 spiro atoms. The Labute approximate surface area is 151 Å². The summed E-state index contributed by atoms with van der Waals surface area (Å²) in [5.74, 6) is 0.193. The van der Waals surface area contributed by atoms with Crippen LogP contribution in [0.5, 0.6) is 5.75 Å². The average Bonchev–Trinajstić information content (AvgIpc) is 2.58. The number of aromatic nitrogens is 1. The van der Waals surface area contributed by atoms with Gasteiger partial charge in [-0.05, 0) is 67.6 Å². The van der Waals surface area contributed by atoms with Gasteiger partial charge in [0.2, 0.25) is 0 Å². The van der Waals surface area contributed by atoms with E-state index < -0.39 is 15.6 Å². The van der Waals surface area contributed by atoms with Gasteiger partial charge in [-0.25, -0.2) is 8.42 Å². The first-order valence-corrected chi connectivity index (χ1v) is 9.43. The van der Waals surface area contributed by atoms with Crippen LogP contribution in [0.4, 0.5) is 5.69 Å². The molecular formula is C19H20N2O4S. The largest absolute Gasteiger partial charge is 0.495 e. The topological polar surface area (TPSA) is 91.4 Å². The van der Waals surface area contributed by atoms with Crippen molar-refractivity contribution < 1.29 is 13.2 Å². The van der Waals surface area contributed by atoms with Crippen LogP contribution in [0, 0.1) is 20.8 Å². The standard InChI is InChI=1S/C19H20N2O4S/c1-11-8-17(25-4)18(9-12(11)2)26(23,24)21-16-10-15(20)6-5-14(16)7-13(3)19(21)22/h5-10H,20H2,1-4H3. The zero-order valence-electron chi connectivity index (χ0n) is 15.0. The maximum Gasteiger partial charge on any atom is 0.274 e. The van der Waals surface area contributed by atoms with Crippen molar-refractivity contribution in [2.24, 2.45) is 0 Å². The fourth-order valence-electron chi connectivity index (χ4n) is 2.88. The van der Waals surface area contributed by atoms with Gasteiger partial charge in [0.15, 0.2) is 0 Å². The van der Waals surface area contributed by atoms with Crippen molar-refractivity contribution in [2.75, 3.05) is 12.8 Å². The number of methoxy groups -OCH3 is 1. The molecule has 2 aromatic carbocycles. The number of rotatable bonds is 3. The van der Waals surface area contributed by atoms with Crippen molar-refractivity contribution in [3.63, 3.8) is 0 Å². The number of nitrogens with two attached hydrogens (primary N) is 1. The van der Waals surface area contributed by atoms with E-state index in [4.69, 9.17) is 10.5 Å². The lowest BCUT2D eigenvalue weighted by Crippen LogP contribution is -2.29. The Bertz CT molecular complexity index is 1190. The second-order valence-corrected chi connectivity index (χ2v) is 8.06. The predicted octanol–water partition coefficient (Wildman–Crippen LogP) is 2.75. The lowest BCUT2D eigenvalue weighted by Gasteiger charge is -2.16. The second kappa shape index (κ2) is 6.17. The molecule has 0 aliphatic rings. The van der Waals surface area contributed by atoms with Crippen molar-refractivity contribution in [3.05, 3.63) is 63.4 Å². The van der Waals surface area contributed by atoms with Crippen LogP contribution in [0.2, 0.25) is 0 Å². The molecule has 3 aromatic rings. The first-order chi connectivity index (χ1) is 12.2. The Morgan fingerprint density at radius 2 is 1.62 bits per heavy atom. The molecule has 1 aromatic heterocycles. The molecule has 0 atom stereocenters. The maximum atomic E-state index is 13.4. The molecule has 0 aliphatic heterocycles. The van der Waals surface area contributed by atoms with E-state index in [0.717, 1.165) is 15.1 Å². The SMILES string of the molecule is COc1cc(C)c(C)cc1S(=O)(=O)n1c(=O)c(C)cc2ccc(N)cc21. The highest BCUT2D eigenvalue weighted by atomic mass is 32.2. The normalized spacial score (nSPS) is 11.7. The van der Waals surface area contributed by atoms with E-state index in [9.17, 15) is 13.2 Å². The number of ether oxygens (including phenoxy) is 1. The van der Waals surface area contributed by atoms with Crippen molar-refractivity contribution in [2.45, 2.75) is 25.7 Å². The van der Waals surface area contributed by atoms with Gasteiger partial charge < -0.3 is 10.5 Å². The molecule has 0 radical (unpaired) electrons. The summed E-state index contributed by atoms with van der Waals surface area (Å²) < 4.78 is 32.9. The number of fused-ring (bicyclic) bond motifs is 1. The summed E-state index contributed by atoms with van der Waals surface area (Å²) in [7, 11) is -2.79. The zero-order valence-corrected chi connectivity index (χ0v) is 15.8. The molecule has 2 N–H and O–H groups in total. The lowest BCUT2D eigenvalue weighted by atomic mass is 10.1. The van der Waals surface area contributed by atoms with Crippen molar-refractivity contribution in [3.8, 4) is 5.75 Å². The quantitative estimate of drug-likeness (QED) is 0.714. The third-order valence-electron chi connectivity index (χ3n) is 4.47. The number of pyridine rings is 1. The van der Waals surface area contributed by atoms with Crippen LogP contribution in [0.1, 0.15) is 16.7 Å². The molecule has 0 saturated carbocycles. The van der Waals surface area contributed by atoms with E-state index >= 15 is 0 Å². The number of nitrogen functional groups attached to an aromatic ring is 1. The van der Waals surface area contributed by atoms with Crippen LogP contribution in [0.25, 0.3) is 10.9 Å². The molecular weight excluding hydrogens is 352 g/mol. The Balaban J connectivity index is 2.47. The predicted molar refractivity (Wildman–Crippen MR) is 102 cm³/mol. The van der Waals surface area contributed by atoms with Gasteiger partial charge in [-0.1, -0.05) is 6.07 Å². The summed E-state index contributed by atoms with van der Waals surface area (Å²) in [6.07, 6.45) is 0. The van der Waals surface area contributed by atoms with Gasteiger partial charge >= 0.3 is 0 Å². The number of hydrogen-bond acceptors (Lipinski definition) is 5. The number of anilines is 1. The summed E-state index contributed by atoms with van der Waals surface area (Å²) in [6.45, 7) is 5.26. The Morgan fingerprint density at radius 1 is 0.962 bits per heavy atom. The average molecular weight is 372 g/mol. The van der Waals surface area contributed by atoms with Crippen molar-refractivity contribution in [1.82, 2.24) is 3.97 Å². The Hall–Kier alpha value is -2.80. The highest BCUT2D eigenvalue weighted by Crippen LogP contribution is 2.30. The molecule has 7 heteroatoms. The Morgan fingerprint density at radius 3 is 2.27 bits per heavy atom. The molecule has 136 valence electrons. The van der Waals surface area contributed by atoms with E-state index in [1.165, 1.54) is 19.2 Å². The smallest absolute Gasteiger partial charge is 0.274 e. The molecule has 6 nitrogen and oxygen atoms in total. The molecule has 0 bridgehead atoms. The first-order valence-electron chi connectivity index (χ1n) is 7.99. The van der Waals surface area contributed by atoms with Crippen LogP contribution >= 0.6 is 0 Å². The van der Waals surface area contributed by atoms with Gasteiger partial charge in [0.1, 0.15) is 10.6 Å². The minimum atomic E-state index is -4.19. The molecule has 0 fully saturated rings. The van der Waals surface area contributed by atoms with Gasteiger partial charge in [0.25, 0.3) is 15.6 Å². The summed E-state index contributed by atoms with van der Waals surface area (Å²) in [5.41, 5.74) is 7.84. The summed E-state index contributed by atoms with van der Waals surface area (Å²) in [4.78, 5) is 12.7. The van der Waals surface area contributed by atoms with Crippen LogP contribution in [-0.2, 0) is 10.0 Å². The van der Waals surface area contributed by atoms with E-state index in [1.54, 1.807) is 31.2 Å². The molecule has 26 heavy (non-hydrogen) atoms. The highest BCUT2D eigenvalue weighted by Gasteiger charge is 2.26. The van der Waals surface area contributed by atoms with Crippen LogP contribution in [-0.4, -0.2) is 19.5 Å². The number of hydrogen-bond donors (Lipinski definition) is 1. The lowest BCUT2D eigenvalue weighted by molar-refractivity contribution is 0.402. The van der Waals surface area contributed by atoms with E-state index in [2.05, 4.69) is 0 Å². The zero-order chi connectivity index (χ0) is 19.2. The summed E-state index contributed by atoms with van der Waals surface area (Å²) in [6, 6.07) is 9.68. The van der Waals surface area contributed by atoms with Crippen molar-refractivity contribution >= 4 is 26.6 Å². The van der Waals surface area contributed by atoms with Crippen LogP contribution in [0.3, 0.4) is 0 Å². The molecule has 0 unspecified atom stereocenters. The van der Waals surface area contributed by atoms with Crippen LogP contribution < -0.4 is 16.0 Å². The number of aryl methyl sites for hydroxylation is 3. The first kappa shape index (κ1) is 18.0. The van der Waals surface area contributed by atoms with E-state index in [0.29, 0.717) is 16.6 Å². The molecule has 3 rings (SSSR count). The molecule has 0 saturated heterocycles. The van der Waals surface area contributed by atoms with Gasteiger partial charge in [-0.2, -0.15) is 3.97 Å². The minimum Gasteiger partial charge on any atom is -0.495 e. The number of nitrogens with zero attached hydrogens (tertiary/aromatic N) is 1. The van der Waals surface area contributed by atoms with Gasteiger partial charge in [-0.3, -0.25) is 4.79 Å². The van der Waals surface area contributed by atoms with E-state index in [-0.39, 0.29) is 16.2 Å². The van der Waals surface area contributed by atoms with Crippen molar-refractivity contribution in [1.29, 1.82) is 0 Å². The van der Waals surface area contributed by atoms with E-state index in [1.807, 2.05) is 13.8 Å². The van der Waals surface area contributed by atoms with Gasteiger partial charge in [-0.15, -0.1) is 0 Å².